The van der Waals surface area contributed by atoms with Gasteiger partial charge in [0.05, 0.1) is 6.61 Å². The van der Waals surface area contributed by atoms with Crippen molar-refractivity contribution in [3.63, 3.8) is 0 Å². The molecular weight excluding hydrogens is 465 g/mol. The van der Waals surface area contributed by atoms with Gasteiger partial charge in [0.1, 0.15) is 29.1 Å². The number of benzene rings is 2. The van der Waals surface area contributed by atoms with Gasteiger partial charge in [-0.25, -0.2) is 4.39 Å². The molecule has 37 heavy (non-hydrogen) atoms. The van der Waals surface area contributed by atoms with Crippen molar-refractivity contribution in [2.24, 2.45) is 4.99 Å². The highest BCUT2D eigenvalue weighted by Gasteiger charge is 2.22. The van der Waals surface area contributed by atoms with Crippen LogP contribution in [0, 0.1) is 5.82 Å². The molecule has 2 aromatic carbocycles. The fourth-order valence-electron chi connectivity index (χ4n) is 5.32. The molecule has 4 rings (SSSR count). The normalized spacial score (nSPS) is 17.8. The molecule has 0 unspecified atom stereocenters. The quantitative estimate of drug-likeness (QED) is 0.242. The Hall–Kier alpha value is -2.70. The minimum atomic E-state index is -0.348. The fourth-order valence-corrected chi connectivity index (χ4v) is 5.32. The second-order valence-electron chi connectivity index (χ2n) is 10.2. The van der Waals surface area contributed by atoms with E-state index in [0.717, 1.165) is 64.2 Å². The molecule has 2 fully saturated rings. The summed E-state index contributed by atoms with van der Waals surface area (Å²) in [6.45, 7) is 14.7. The summed E-state index contributed by atoms with van der Waals surface area (Å²) in [6, 6.07) is 11.4. The van der Waals surface area contributed by atoms with Crippen LogP contribution < -0.4 is 9.47 Å². The Bertz CT molecular complexity index is 994. The number of hydrogen-bond donors (Lipinski definition) is 0. The standard InChI is InChI=1S/C31H42FN3O2/c1-3-26-23-27(32)24-30(31(26)33-2)37-29-14-20-35(21-15-29)19-13-25-9-11-28(12-10-25)36-22-8-18-34-16-6-4-5-7-17-34/h3,9-12,23-24,29H,1-2,4-8,13-22H2. The van der Waals surface area contributed by atoms with Crippen molar-refractivity contribution in [2.75, 3.05) is 45.9 Å². The number of nitrogens with zero attached hydrogens (tertiary/aromatic N) is 3. The molecule has 2 saturated heterocycles. The van der Waals surface area contributed by atoms with Gasteiger partial charge in [-0.05, 0) is 82.1 Å². The lowest BCUT2D eigenvalue weighted by molar-refractivity contribution is 0.101. The second kappa shape index (κ2) is 14.3. The summed E-state index contributed by atoms with van der Waals surface area (Å²) in [5, 5.41) is 0. The number of hydrogen-bond acceptors (Lipinski definition) is 5. The van der Waals surface area contributed by atoms with Crippen molar-refractivity contribution in [3.8, 4) is 11.5 Å². The van der Waals surface area contributed by atoms with E-state index in [2.05, 4.69) is 52.4 Å². The third kappa shape index (κ3) is 8.41. The summed E-state index contributed by atoms with van der Waals surface area (Å²) in [4.78, 5) is 9.10. The van der Waals surface area contributed by atoms with Gasteiger partial charge in [-0.3, -0.25) is 4.99 Å². The van der Waals surface area contributed by atoms with Crippen molar-refractivity contribution in [3.05, 3.63) is 59.9 Å². The molecule has 6 heteroatoms. The number of likely N-dealkylation sites (tertiary alicyclic amines) is 2. The summed E-state index contributed by atoms with van der Waals surface area (Å²) < 4.78 is 26.1. The average molecular weight is 508 g/mol. The monoisotopic (exact) mass is 507 g/mol. The number of rotatable bonds is 12. The highest BCUT2D eigenvalue weighted by molar-refractivity contribution is 5.71. The highest BCUT2D eigenvalue weighted by atomic mass is 19.1. The molecule has 0 aromatic heterocycles. The van der Waals surface area contributed by atoms with Gasteiger partial charge in [0, 0.05) is 37.8 Å². The Morgan fingerprint density at radius 1 is 0.946 bits per heavy atom. The van der Waals surface area contributed by atoms with Crippen LogP contribution in [-0.2, 0) is 6.42 Å². The Morgan fingerprint density at radius 2 is 1.65 bits per heavy atom. The van der Waals surface area contributed by atoms with Gasteiger partial charge in [-0.1, -0.05) is 37.6 Å². The average Bonchev–Trinajstić information content (AvgIpc) is 3.20. The summed E-state index contributed by atoms with van der Waals surface area (Å²) in [6.07, 6.45) is 11.0. The topological polar surface area (TPSA) is 37.3 Å². The van der Waals surface area contributed by atoms with Crippen LogP contribution in [0.1, 0.15) is 56.1 Å². The van der Waals surface area contributed by atoms with Gasteiger partial charge in [-0.15, -0.1) is 0 Å². The molecule has 5 nitrogen and oxygen atoms in total. The van der Waals surface area contributed by atoms with Crippen molar-refractivity contribution in [2.45, 2.75) is 57.5 Å². The van der Waals surface area contributed by atoms with E-state index in [1.165, 1.54) is 56.5 Å². The van der Waals surface area contributed by atoms with Crippen molar-refractivity contribution in [1.29, 1.82) is 0 Å². The first-order valence-corrected chi connectivity index (χ1v) is 13.9. The molecule has 0 atom stereocenters. The van der Waals surface area contributed by atoms with Crippen LogP contribution in [0.15, 0.2) is 48.0 Å². The van der Waals surface area contributed by atoms with Gasteiger partial charge in [0.25, 0.3) is 0 Å². The lowest BCUT2D eigenvalue weighted by Gasteiger charge is -2.32. The molecule has 2 aliphatic heterocycles. The van der Waals surface area contributed by atoms with Gasteiger partial charge >= 0.3 is 0 Å². The molecule has 0 saturated carbocycles. The van der Waals surface area contributed by atoms with Crippen molar-refractivity contribution in [1.82, 2.24) is 9.80 Å². The van der Waals surface area contributed by atoms with E-state index < -0.39 is 0 Å². The minimum Gasteiger partial charge on any atom is -0.494 e. The number of halogens is 1. The van der Waals surface area contributed by atoms with Gasteiger partial charge < -0.3 is 19.3 Å². The van der Waals surface area contributed by atoms with Gasteiger partial charge in [0.15, 0.2) is 0 Å². The maximum absolute atomic E-state index is 14.0. The molecule has 2 heterocycles. The van der Waals surface area contributed by atoms with E-state index in [1.54, 1.807) is 6.08 Å². The summed E-state index contributed by atoms with van der Waals surface area (Å²) >= 11 is 0. The maximum Gasteiger partial charge on any atom is 0.148 e. The van der Waals surface area contributed by atoms with E-state index in [1.807, 2.05) is 0 Å². The van der Waals surface area contributed by atoms with E-state index in [4.69, 9.17) is 9.47 Å². The van der Waals surface area contributed by atoms with Crippen LogP contribution >= 0.6 is 0 Å². The minimum absolute atomic E-state index is 0.0482. The van der Waals surface area contributed by atoms with E-state index in [0.29, 0.717) is 17.0 Å². The van der Waals surface area contributed by atoms with Crippen LogP contribution in [0.5, 0.6) is 11.5 Å². The van der Waals surface area contributed by atoms with Crippen LogP contribution in [0.3, 0.4) is 0 Å². The zero-order valence-corrected chi connectivity index (χ0v) is 22.2. The predicted octanol–water partition coefficient (Wildman–Crippen LogP) is 6.53. The summed E-state index contributed by atoms with van der Waals surface area (Å²) in [7, 11) is 0. The summed E-state index contributed by atoms with van der Waals surface area (Å²) in [5.74, 6) is 1.06. The third-order valence-corrected chi connectivity index (χ3v) is 7.50. The molecule has 200 valence electrons. The maximum atomic E-state index is 14.0. The lowest BCUT2D eigenvalue weighted by Crippen LogP contribution is -2.39. The van der Waals surface area contributed by atoms with Crippen molar-refractivity contribution < 1.29 is 13.9 Å². The zero-order chi connectivity index (χ0) is 25.9. The third-order valence-electron chi connectivity index (χ3n) is 7.50. The molecule has 0 spiro atoms. The summed E-state index contributed by atoms with van der Waals surface area (Å²) in [5.41, 5.74) is 2.49. The Kier molecular flexibility index (Phi) is 10.6. The molecule has 0 aliphatic carbocycles. The molecule has 0 bridgehead atoms. The first kappa shape index (κ1) is 27.3. The molecule has 0 amide bonds. The van der Waals surface area contributed by atoms with E-state index in [9.17, 15) is 4.39 Å². The number of piperidine rings is 1. The van der Waals surface area contributed by atoms with Gasteiger partial charge in [0.2, 0.25) is 0 Å². The molecule has 0 radical (unpaired) electrons. The van der Waals surface area contributed by atoms with Crippen LogP contribution in [0.2, 0.25) is 0 Å². The molecule has 2 aliphatic rings. The fraction of sp³-hybridized carbons (Fsp3) is 0.516. The van der Waals surface area contributed by atoms with Crippen LogP contribution in [0.4, 0.5) is 10.1 Å². The van der Waals surface area contributed by atoms with Crippen LogP contribution in [0.25, 0.3) is 6.08 Å². The smallest absolute Gasteiger partial charge is 0.148 e. The SMILES string of the molecule is C=Cc1cc(F)cc(OC2CCN(CCc3ccc(OCCCN4CCCCCC4)cc3)CC2)c1N=C. The first-order chi connectivity index (χ1) is 18.1. The second-order valence-corrected chi connectivity index (χ2v) is 10.2. The lowest BCUT2D eigenvalue weighted by atomic mass is 10.1. The number of aliphatic imine (C=N–C) groups is 1. The molecule has 2 aromatic rings. The number of ether oxygens (including phenoxy) is 2. The van der Waals surface area contributed by atoms with E-state index >= 15 is 0 Å². The zero-order valence-electron chi connectivity index (χ0n) is 22.2. The molecule has 0 N–H and O–H groups in total. The Morgan fingerprint density at radius 3 is 2.32 bits per heavy atom. The van der Waals surface area contributed by atoms with E-state index in [-0.39, 0.29) is 11.9 Å². The van der Waals surface area contributed by atoms with Crippen molar-refractivity contribution >= 4 is 18.5 Å². The molecular formula is C31H42FN3O2. The van der Waals surface area contributed by atoms with Crippen LogP contribution in [-0.4, -0.2) is 68.5 Å². The highest BCUT2D eigenvalue weighted by Crippen LogP contribution is 2.35. The Labute approximate surface area is 222 Å². The largest absolute Gasteiger partial charge is 0.494 e. The predicted molar refractivity (Wildman–Crippen MR) is 151 cm³/mol. The Balaban J connectivity index is 1.14. The first-order valence-electron chi connectivity index (χ1n) is 13.9. The van der Waals surface area contributed by atoms with Gasteiger partial charge in [-0.2, -0.15) is 0 Å².